The third-order valence-corrected chi connectivity index (χ3v) is 6.96. The van der Waals surface area contributed by atoms with Crippen molar-refractivity contribution < 1.29 is 29.4 Å². The normalized spacial score (nSPS) is 14.9. The van der Waals surface area contributed by atoms with Crippen LogP contribution in [0.1, 0.15) is 31.4 Å². The molecule has 8 N–H and O–H groups in total. The second-order valence-electron chi connectivity index (χ2n) is 9.87. The summed E-state index contributed by atoms with van der Waals surface area (Å²) >= 11 is 0. The summed E-state index contributed by atoms with van der Waals surface area (Å²) in [5.41, 5.74) is 8.61. The minimum Gasteiger partial charge on any atom is -0.480 e. The van der Waals surface area contributed by atoms with Crippen LogP contribution in [0.4, 0.5) is 0 Å². The minimum absolute atomic E-state index is 0.0734. The Morgan fingerprint density at radius 2 is 1.50 bits per heavy atom. The van der Waals surface area contributed by atoms with E-state index in [1.165, 1.54) is 0 Å². The van der Waals surface area contributed by atoms with Gasteiger partial charge in [-0.15, -0.1) is 0 Å². The largest absolute Gasteiger partial charge is 0.480 e. The molecule has 0 aliphatic heterocycles. The standard InChI is InChI=1S/C29H37N5O6/c1-3-17(2)25(29(39)40)34-28(38)24(16-35)33-27(37)23(14-19-15-31-22-12-8-7-11-20(19)22)32-26(36)21(30)13-18-9-5-4-6-10-18/h4-12,15,17,21,23-25,31,35H,3,13-14,16,30H2,1-2H3,(H,32,36)(H,33,37)(H,34,38)(H,39,40). The maximum Gasteiger partial charge on any atom is 0.326 e. The fourth-order valence-electron chi connectivity index (χ4n) is 4.37. The number of carboxylic acid groups (broad SMARTS) is 1. The molecule has 3 aromatic rings. The predicted octanol–water partition coefficient (Wildman–Crippen LogP) is 0.858. The molecule has 0 saturated carbocycles. The van der Waals surface area contributed by atoms with Gasteiger partial charge < -0.3 is 36.9 Å². The van der Waals surface area contributed by atoms with Gasteiger partial charge in [-0.05, 0) is 29.5 Å². The van der Waals surface area contributed by atoms with Crippen LogP contribution in [0.25, 0.3) is 10.9 Å². The molecule has 40 heavy (non-hydrogen) atoms. The molecule has 3 rings (SSSR count). The van der Waals surface area contributed by atoms with E-state index in [2.05, 4.69) is 20.9 Å². The van der Waals surface area contributed by atoms with Crippen molar-refractivity contribution in [2.75, 3.05) is 6.61 Å². The highest BCUT2D eigenvalue weighted by atomic mass is 16.4. The number of carboxylic acids is 1. The van der Waals surface area contributed by atoms with Gasteiger partial charge in [0.15, 0.2) is 0 Å². The summed E-state index contributed by atoms with van der Waals surface area (Å²) in [6.07, 6.45) is 2.56. The lowest BCUT2D eigenvalue weighted by atomic mass is 9.99. The lowest BCUT2D eigenvalue weighted by Gasteiger charge is -2.25. The molecule has 0 spiro atoms. The zero-order valence-electron chi connectivity index (χ0n) is 22.6. The quantitative estimate of drug-likeness (QED) is 0.155. The smallest absolute Gasteiger partial charge is 0.326 e. The highest BCUT2D eigenvalue weighted by Gasteiger charge is 2.32. The van der Waals surface area contributed by atoms with Crippen LogP contribution in [-0.2, 0) is 32.0 Å². The SMILES string of the molecule is CCC(C)C(NC(=O)C(CO)NC(=O)C(Cc1c[nH]c2ccccc12)NC(=O)C(N)Cc1ccccc1)C(=O)O. The maximum absolute atomic E-state index is 13.4. The predicted molar refractivity (Wildman–Crippen MR) is 150 cm³/mol. The van der Waals surface area contributed by atoms with E-state index in [9.17, 15) is 29.4 Å². The number of para-hydroxylation sites is 1. The Morgan fingerprint density at radius 1 is 0.875 bits per heavy atom. The first-order chi connectivity index (χ1) is 19.1. The van der Waals surface area contributed by atoms with Crippen LogP contribution in [0.3, 0.4) is 0 Å². The lowest BCUT2D eigenvalue weighted by Crippen LogP contribution is -2.59. The molecule has 0 saturated heterocycles. The summed E-state index contributed by atoms with van der Waals surface area (Å²) < 4.78 is 0. The zero-order chi connectivity index (χ0) is 29.2. The summed E-state index contributed by atoms with van der Waals surface area (Å²) in [5, 5.41) is 27.8. The Morgan fingerprint density at radius 3 is 2.15 bits per heavy atom. The number of aromatic nitrogens is 1. The Labute approximate surface area is 232 Å². The fourth-order valence-corrected chi connectivity index (χ4v) is 4.37. The molecule has 11 heteroatoms. The van der Waals surface area contributed by atoms with Gasteiger partial charge in [0, 0.05) is 23.5 Å². The number of rotatable bonds is 14. The molecule has 0 radical (unpaired) electrons. The molecular weight excluding hydrogens is 514 g/mol. The van der Waals surface area contributed by atoms with E-state index < -0.39 is 54.5 Å². The number of carbonyl (C=O) groups is 4. The number of aliphatic hydroxyl groups excluding tert-OH is 1. The van der Waals surface area contributed by atoms with Crippen LogP contribution in [0.2, 0.25) is 0 Å². The molecule has 214 valence electrons. The van der Waals surface area contributed by atoms with E-state index in [1.54, 1.807) is 20.0 Å². The number of H-pyrrole nitrogens is 1. The molecule has 5 unspecified atom stereocenters. The number of carbonyl (C=O) groups excluding carboxylic acids is 3. The first kappa shape index (κ1) is 30.3. The number of nitrogens with one attached hydrogen (secondary N) is 4. The van der Waals surface area contributed by atoms with Gasteiger partial charge in [-0.1, -0.05) is 68.8 Å². The Bertz CT molecular complexity index is 1310. The summed E-state index contributed by atoms with van der Waals surface area (Å²) in [6, 6.07) is 12.0. The molecule has 0 bridgehead atoms. The van der Waals surface area contributed by atoms with Gasteiger partial charge in [0.05, 0.1) is 12.6 Å². The summed E-state index contributed by atoms with van der Waals surface area (Å²) in [6.45, 7) is 2.70. The number of aliphatic carboxylic acids is 1. The van der Waals surface area contributed by atoms with Crippen LogP contribution in [0.5, 0.6) is 0 Å². The molecular formula is C29H37N5O6. The number of aliphatic hydroxyl groups is 1. The van der Waals surface area contributed by atoms with Crippen molar-refractivity contribution in [3.63, 3.8) is 0 Å². The van der Waals surface area contributed by atoms with Crippen molar-refractivity contribution in [2.24, 2.45) is 11.7 Å². The topological polar surface area (TPSA) is 187 Å². The second-order valence-corrected chi connectivity index (χ2v) is 9.87. The third kappa shape index (κ3) is 7.90. The number of hydrogen-bond donors (Lipinski definition) is 7. The van der Waals surface area contributed by atoms with E-state index in [0.29, 0.717) is 6.42 Å². The van der Waals surface area contributed by atoms with Crippen LogP contribution in [0.15, 0.2) is 60.8 Å². The number of fused-ring (bicyclic) bond motifs is 1. The second kappa shape index (κ2) is 14.2. The summed E-state index contributed by atoms with van der Waals surface area (Å²) in [4.78, 5) is 54.1. The molecule has 0 aliphatic rings. The van der Waals surface area contributed by atoms with Crippen molar-refractivity contribution in [3.8, 4) is 0 Å². The van der Waals surface area contributed by atoms with Gasteiger partial charge in [0.2, 0.25) is 17.7 Å². The molecule has 3 amide bonds. The third-order valence-electron chi connectivity index (χ3n) is 6.96. The Hall–Kier alpha value is -4.22. The molecule has 5 atom stereocenters. The van der Waals surface area contributed by atoms with Gasteiger partial charge in [-0.2, -0.15) is 0 Å². The van der Waals surface area contributed by atoms with Crippen LogP contribution < -0.4 is 21.7 Å². The van der Waals surface area contributed by atoms with Crippen LogP contribution >= 0.6 is 0 Å². The number of benzene rings is 2. The molecule has 11 nitrogen and oxygen atoms in total. The van der Waals surface area contributed by atoms with Gasteiger partial charge in [-0.3, -0.25) is 14.4 Å². The zero-order valence-corrected chi connectivity index (χ0v) is 22.6. The average Bonchev–Trinajstić information content (AvgIpc) is 3.36. The van der Waals surface area contributed by atoms with E-state index >= 15 is 0 Å². The molecule has 2 aromatic carbocycles. The van der Waals surface area contributed by atoms with Crippen molar-refractivity contribution >= 4 is 34.6 Å². The maximum atomic E-state index is 13.4. The number of hydrogen-bond acceptors (Lipinski definition) is 6. The number of aromatic amines is 1. The van der Waals surface area contributed by atoms with Crippen molar-refractivity contribution in [1.82, 2.24) is 20.9 Å². The van der Waals surface area contributed by atoms with Crippen molar-refractivity contribution in [3.05, 3.63) is 71.9 Å². The van der Waals surface area contributed by atoms with Gasteiger partial charge in [0.1, 0.15) is 18.1 Å². The monoisotopic (exact) mass is 551 g/mol. The molecule has 1 aromatic heterocycles. The van der Waals surface area contributed by atoms with Crippen LogP contribution in [0, 0.1) is 5.92 Å². The van der Waals surface area contributed by atoms with Gasteiger partial charge >= 0.3 is 5.97 Å². The fraction of sp³-hybridized carbons (Fsp3) is 0.379. The molecule has 1 heterocycles. The molecule has 0 fully saturated rings. The number of nitrogens with two attached hydrogens (primary N) is 1. The van der Waals surface area contributed by atoms with E-state index in [4.69, 9.17) is 5.73 Å². The average molecular weight is 552 g/mol. The summed E-state index contributed by atoms with van der Waals surface area (Å²) in [7, 11) is 0. The van der Waals surface area contributed by atoms with Gasteiger partial charge in [-0.25, -0.2) is 4.79 Å². The highest BCUT2D eigenvalue weighted by Crippen LogP contribution is 2.19. The van der Waals surface area contributed by atoms with Crippen molar-refractivity contribution in [1.29, 1.82) is 0 Å². The van der Waals surface area contributed by atoms with E-state index in [1.807, 2.05) is 54.6 Å². The van der Waals surface area contributed by atoms with Gasteiger partial charge in [0.25, 0.3) is 0 Å². The van der Waals surface area contributed by atoms with E-state index in [-0.39, 0.29) is 18.8 Å². The lowest BCUT2D eigenvalue weighted by molar-refractivity contribution is -0.144. The van der Waals surface area contributed by atoms with Crippen LogP contribution in [-0.4, -0.2) is 69.7 Å². The Balaban J connectivity index is 1.79. The highest BCUT2D eigenvalue weighted by molar-refractivity contribution is 5.95. The molecule has 0 aliphatic carbocycles. The minimum atomic E-state index is -1.43. The first-order valence-electron chi connectivity index (χ1n) is 13.2. The Kier molecular flexibility index (Phi) is 10.8. The number of amides is 3. The van der Waals surface area contributed by atoms with Crippen molar-refractivity contribution in [2.45, 2.75) is 57.3 Å². The summed E-state index contributed by atoms with van der Waals surface area (Å²) in [5.74, 6) is -3.73. The van der Waals surface area contributed by atoms with E-state index in [0.717, 1.165) is 22.0 Å². The first-order valence-corrected chi connectivity index (χ1v) is 13.2.